The van der Waals surface area contributed by atoms with Gasteiger partial charge in [-0.15, -0.1) is 0 Å². The molecule has 1 aliphatic rings. The summed E-state index contributed by atoms with van der Waals surface area (Å²) in [5.41, 5.74) is 1.82. The minimum atomic E-state index is 0.451. The molecule has 1 aromatic carbocycles. The molecule has 0 amide bonds. The third kappa shape index (κ3) is 2.96. The topological polar surface area (TPSA) is 21.3 Å². The van der Waals surface area contributed by atoms with Crippen LogP contribution in [0.5, 0.6) is 5.75 Å². The Kier molecular flexibility index (Phi) is 2.96. The van der Waals surface area contributed by atoms with Gasteiger partial charge in [0.05, 0.1) is 7.11 Å². The van der Waals surface area contributed by atoms with Crippen LogP contribution in [0.1, 0.15) is 25.3 Å². The van der Waals surface area contributed by atoms with E-state index in [1.807, 2.05) is 12.1 Å². The minimum absolute atomic E-state index is 0.451. The van der Waals surface area contributed by atoms with Gasteiger partial charge in [0.15, 0.2) is 0 Å². The molecule has 0 heterocycles. The van der Waals surface area contributed by atoms with E-state index in [1.165, 1.54) is 18.4 Å². The number of nitrogens with one attached hydrogen (secondary N) is 1. The molecule has 0 aromatic heterocycles. The summed E-state index contributed by atoms with van der Waals surface area (Å²) in [6.45, 7) is 3.36. The first-order valence-corrected chi connectivity index (χ1v) is 5.60. The maximum Gasteiger partial charge on any atom is 0.118 e. The van der Waals surface area contributed by atoms with Crippen molar-refractivity contribution in [1.29, 1.82) is 0 Å². The summed E-state index contributed by atoms with van der Waals surface area (Å²) < 4.78 is 5.12. The first kappa shape index (κ1) is 10.5. The average molecular weight is 205 g/mol. The maximum absolute atomic E-state index is 5.12. The predicted octanol–water partition coefficient (Wildman–Crippen LogP) is 2.38. The lowest BCUT2D eigenvalue weighted by atomic mass is 10.1. The quantitative estimate of drug-likeness (QED) is 0.797. The van der Waals surface area contributed by atoms with Crippen LogP contribution in [-0.2, 0) is 6.42 Å². The highest BCUT2D eigenvalue weighted by Crippen LogP contribution is 2.33. The van der Waals surface area contributed by atoms with Crippen LogP contribution in [0, 0.1) is 0 Å². The summed E-state index contributed by atoms with van der Waals surface area (Å²) in [6.07, 6.45) is 3.75. The highest BCUT2D eigenvalue weighted by atomic mass is 16.5. The molecule has 0 spiro atoms. The fourth-order valence-corrected chi connectivity index (χ4v) is 1.67. The van der Waals surface area contributed by atoms with Crippen molar-refractivity contribution in [3.8, 4) is 5.75 Å². The average Bonchev–Trinajstić information content (AvgIpc) is 2.98. The maximum atomic E-state index is 5.12. The summed E-state index contributed by atoms with van der Waals surface area (Å²) >= 11 is 0. The van der Waals surface area contributed by atoms with E-state index in [2.05, 4.69) is 24.4 Å². The van der Waals surface area contributed by atoms with Crippen molar-refractivity contribution in [2.24, 2.45) is 0 Å². The van der Waals surface area contributed by atoms with Gasteiger partial charge >= 0.3 is 0 Å². The summed E-state index contributed by atoms with van der Waals surface area (Å²) in [5, 5.41) is 3.58. The van der Waals surface area contributed by atoms with E-state index in [0.717, 1.165) is 18.7 Å². The fourth-order valence-electron chi connectivity index (χ4n) is 1.67. The zero-order valence-electron chi connectivity index (χ0n) is 9.55. The lowest BCUT2D eigenvalue weighted by Crippen LogP contribution is -2.29. The van der Waals surface area contributed by atoms with Gasteiger partial charge in [-0.25, -0.2) is 0 Å². The van der Waals surface area contributed by atoms with Crippen LogP contribution >= 0.6 is 0 Å². The standard InChI is InChI=1S/C13H19NO/c1-13(8-9-13)14-10-7-11-3-5-12(15-2)6-4-11/h3-6,14H,7-10H2,1-2H3. The summed E-state index contributed by atoms with van der Waals surface area (Å²) in [5.74, 6) is 0.931. The van der Waals surface area contributed by atoms with Gasteiger partial charge in [-0.3, -0.25) is 0 Å². The summed E-state index contributed by atoms with van der Waals surface area (Å²) in [4.78, 5) is 0. The SMILES string of the molecule is COc1ccc(CCNC2(C)CC2)cc1. The number of hydrogen-bond acceptors (Lipinski definition) is 2. The smallest absolute Gasteiger partial charge is 0.118 e. The Morgan fingerprint density at radius 2 is 1.93 bits per heavy atom. The Hall–Kier alpha value is -1.02. The number of rotatable bonds is 5. The molecule has 1 aromatic rings. The lowest BCUT2D eigenvalue weighted by molar-refractivity contribution is 0.414. The third-order valence-electron chi connectivity index (χ3n) is 3.12. The molecule has 2 nitrogen and oxygen atoms in total. The zero-order valence-corrected chi connectivity index (χ0v) is 9.55. The normalized spacial score (nSPS) is 17.5. The van der Waals surface area contributed by atoms with Crippen molar-refractivity contribution in [2.75, 3.05) is 13.7 Å². The van der Waals surface area contributed by atoms with Crippen LogP contribution in [0.15, 0.2) is 24.3 Å². The number of ether oxygens (including phenoxy) is 1. The second-order valence-corrected chi connectivity index (χ2v) is 4.59. The fraction of sp³-hybridized carbons (Fsp3) is 0.538. The lowest BCUT2D eigenvalue weighted by Gasteiger charge is -2.11. The molecule has 0 atom stereocenters. The van der Waals surface area contributed by atoms with Gasteiger partial charge in [-0.05, 0) is 50.4 Å². The monoisotopic (exact) mass is 205 g/mol. The van der Waals surface area contributed by atoms with Gasteiger partial charge < -0.3 is 10.1 Å². The van der Waals surface area contributed by atoms with Crippen LogP contribution in [-0.4, -0.2) is 19.2 Å². The van der Waals surface area contributed by atoms with E-state index < -0.39 is 0 Å². The summed E-state index contributed by atoms with van der Waals surface area (Å²) in [6, 6.07) is 8.31. The first-order chi connectivity index (χ1) is 7.22. The Labute approximate surface area is 91.6 Å². The molecule has 0 radical (unpaired) electrons. The number of hydrogen-bond donors (Lipinski definition) is 1. The first-order valence-electron chi connectivity index (χ1n) is 5.60. The minimum Gasteiger partial charge on any atom is -0.497 e. The summed E-state index contributed by atoms with van der Waals surface area (Å²) in [7, 11) is 1.70. The van der Waals surface area contributed by atoms with E-state index in [4.69, 9.17) is 4.74 Å². The molecule has 1 N–H and O–H groups in total. The molecule has 0 unspecified atom stereocenters. The molecule has 2 heteroatoms. The second-order valence-electron chi connectivity index (χ2n) is 4.59. The Morgan fingerprint density at radius 3 is 2.47 bits per heavy atom. The third-order valence-corrected chi connectivity index (χ3v) is 3.12. The van der Waals surface area contributed by atoms with Crippen LogP contribution in [0.4, 0.5) is 0 Å². The van der Waals surface area contributed by atoms with Crippen molar-refractivity contribution < 1.29 is 4.74 Å². The van der Waals surface area contributed by atoms with Crippen LogP contribution in [0.3, 0.4) is 0 Å². The van der Waals surface area contributed by atoms with Crippen molar-refractivity contribution in [3.63, 3.8) is 0 Å². The molecular weight excluding hydrogens is 186 g/mol. The molecule has 15 heavy (non-hydrogen) atoms. The van der Waals surface area contributed by atoms with Gasteiger partial charge in [0.25, 0.3) is 0 Å². The van der Waals surface area contributed by atoms with Gasteiger partial charge in [-0.1, -0.05) is 12.1 Å². The Bertz CT molecular complexity index is 314. The van der Waals surface area contributed by atoms with E-state index in [9.17, 15) is 0 Å². The van der Waals surface area contributed by atoms with Gasteiger partial charge in [0, 0.05) is 5.54 Å². The molecule has 0 saturated heterocycles. The second kappa shape index (κ2) is 4.23. The highest BCUT2D eigenvalue weighted by molar-refractivity contribution is 5.27. The van der Waals surface area contributed by atoms with E-state index in [1.54, 1.807) is 7.11 Å². The van der Waals surface area contributed by atoms with Crippen molar-refractivity contribution >= 4 is 0 Å². The van der Waals surface area contributed by atoms with Gasteiger partial charge in [0.1, 0.15) is 5.75 Å². The Balaban J connectivity index is 1.77. The van der Waals surface area contributed by atoms with E-state index in [-0.39, 0.29) is 0 Å². The molecule has 1 fully saturated rings. The zero-order chi connectivity index (χ0) is 10.7. The van der Waals surface area contributed by atoms with Gasteiger partial charge in [-0.2, -0.15) is 0 Å². The molecular formula is C13H19NO. The van der Waals surface area contributed by atoms with E-state index in [0.29, 0.717) is 5.54 Å². The molecule has 0 aliphatic heterocycles. The van der Waals surface area contributed by atoms with Crippen molar-refractivity contribution in [1.82, 2.24) is 5.32 Å². The van der Waals surface area contributed by atoms with Crippen LogP contribution < -0.4 is 10.1 Å². The van der Waals surface area contributed by atoms with E-state index >= 15 is 0 Å². The highest BCUT2D eigenvalue weighted by Gasteiger charge is 2.35. The molecule has 1 aliphatic carbocycles. The predicted molar refractivity (Wildman–Crippen MR) is 62.3 cm³/mol. The molecule has 2 rings (SSSR count). The number of methoxy groups -OCH3 is 1. The van der Waals surface area contributed by atoms with Crippen molar-refractivity contribution in [3.05, 3.63) is 29.8 Å². The number of benzene rings is 1. The van der Waals surface area contributed by atoms with Crippen molar-refractivity contribution in [2.45, 2.75) is 31.7 Å². The molecule has 1 saturated carbocycles. The molecule has 82 valence electrons. The molecule has 0 bridgehead atoms. The van der Waals surface area contributed by atoms with Gasteiger partial charge in [0.2, 0.25) is 0 Å². The van der Waals surface area contributed by atoms with Crippen LogP contribution in [0.25, 0.3) is 0 Å². The largest absolute Gasteiger partial charge is 0.497 e. The Morgan fingerprint density at radius 1 is 1.27 bits per heavy atom. The van der Waals surface area contributed by atoms with Crippen LogP contribution in [0.2, 0.25) is 0 Å².